The van der Waals surface area contributed by atoms with E-state index in [0.29, 0.717) is 4.47 Å². The lowest BCUT2D eigenvalue weighted by Gasteiger charge is -2.19. The van der Waals surface area contributed by atoms with Gasteiger partial charge in [0.05, 0.1) is 22.3 Å². The molecule has 0 aliphatic rings. The highest BCUT2D eigenvalue weighted by atomic mass is 79.9. The van der Waals surface area contributed by atoms with Crippen LogP contribution in [0, 0.1) is 0 Å². The number of nitrogens with zero attached hydrogens (tertiary/aromatic N) is 1. The van der Waals surface area contributed by atoms with Gasteiger partial charge in [0.25, 0.3) is 17.4 Å². The molecule has 0 radical (unpaired) electrons. The number of hydrogen-bond acceptors (Lipinski definition) is 6. The van der Waals surface area contributed by atoms with Gasteiger partial charge in [-0.3, -0.25) is 4.57 Å². The van der Waals surface area contributed by atoms with Crippen molar-refractivity contribution in [3.8, 4) is 0 Å². The third-order valence-corrected chi connectivity index (χ3v) is 10.3. The molecule has 0 saturated heterocycles. The molecule has 0 amide bonds. The molecular weight excluding hydrogens is 577 g/mol. The summed E-state index contributed by atoms with van der Waals surface area (Å²) in [5.41, 5.74) is -0.290. The number of halogens is 2. The number of ether oxygens (including phenoxy) is 1. The van der Waals surface area contributed by atoms with Crippen LogP contribution in [0.25, 0.3) is 10.9 Å². The quantitative estimate of drug-likeness (QED) is 0.211. The number of rotatable bonds is 7. The van der Waals surface area contributed by atoms with Gasteiger partial charge >= 0.3 is 5.97 Å². The summed E-state index contributed by atoms with van der Waals surface area (Å²) in [5, 5.41) is 0.621. The van der Waals surface area contributed by atoms with Gasteiger partial charge in [-0.2, -0.15) is 0 Å². The number of benzene rings is 3. The first-order valence-corrected chi connectivity index (χ1v) is 14.6. The molecular formula is C24H20BrClNO6PS. The van der Waals surface area contributed by atoms with Crippen molar-refractivity contribution in [2.75, 3.05) is 13.7 Å². The Labute approximate surface area is 216 Å². The van der Waals surface area contributed by atoms with Gasteiger partial charge in [0.2, 0.25) is 0 Å². The Hall–Kier alpha value is -2.42. The van der Waals surface area contributed by atoms with E-state index in [-0.39, 0.29) is 38.0 Å². The van der Waals surface area contributed by atoms with Crippen LogP contribution < -0.4 is 10.6 Å². The number of carbonyl (C=O) groups is 1. The van der Waals surface area contributed by atoms with E-state index in [2.05, 4.69) is 15.9 Å². The van der Waals surface area contributed by atoms with Crippen molar-refractivity contribution >= 4 is 72.4 Å². The molecule has 0 saturated carbocycles. The number of fused-ring (bicyclic) bond motifs is 1. The summed E-state index contributed by atoms with van der Waals surface area (Å²) >= 11 is 9.64. The fourth-order valence-corrected chi connectivity index (χ4v) is 8.39. The average Bonchev–Trinajstić information content (AvgIpc) is 3.20. The topological polar surface area (TPSA) is 91.7 Å². The summed E-state index contributed by atoms with van der Waals surface area (Å²) in [6.07, 6.45) is 0. The first-order chi connectivity index (χ1) is 16.6. The molecule has 0 aliphatic carbocycles. The SMILES string of the molecule is CCOC(=O)c1c(P(=O)(OC)c2cccc(Br)c2)c2cc(Cl)ccc2n1S(=O)(=O)c1ccccc1. The molecule has 0 aliphatic heterocycles. The first kappa shape index (κ1) is 25.7. The van der Waals surface area contributed by atoms with E-state index in [4.69, 9.17) is 20.9 Å². The Kier molecular flexibility index (Phi) is 7.27. The summed E-state index contributed by atoms with van der Waals surface area (Å²) in [6.45, 7) is 1.57. The summed E-state index contributed by atoms with van der Waals surface area (Å²) in [7, 11) is -7.11. The smallest absolute Gasteiger partial charge is 0.356 e. The second kappa shape index (κ2) is 9.91. The second-order valence-electron chi connectivity index (χ2n) is 7.38. The predicted molar refractivity (Wildman–Crippen MR) is 140 cm³/mol. The molecule has 1 heterocycles. The van der Waals surface area contributed by atoms with E-state index in [1.165, 1.54) is 37.4 Å². The molecule has 0 spiro atoms. The molecule has 11 heteroatoms. The van der Waals surface area contributed by atoms with Crippen molar-refractivity contribution in [1.29, 1.82) is 0 Å². The highest BCUT2D eigenvalue weighted by Crippen LogP contribution is 2.49. The molecule has 0 N–H and O–H groups in total. The highest BCUT2D eigenvalue weighted by molar-refractivity contribution is 9.10. The third-order valence-electron chi connectivity index (χ3n) is 5.31. The van der Waals surface area contributed by atoms with Crippen molar-refractivity contribution in [2.24, 2.45) is 0 Å². The van der Waals surface area contributed by atoms with Gasteiger partial charge in [-0.25, -0.2) is 17.2 Å². The zero-order valence-corrected chi connectivity index (χ0v) is 22.7. The van der Waals surface area contributed by atoms with Crippen LogP contribution in [0.2, 0.25) is 5.02 Å². The Morgan fingerprint density at radius 1 is 1.06 bits per heavy atom. The molecule has 1 atom stereocenters. The Morgan fingerprint density at radius 2 is 1.77 bits per heavy atom. The van der Waals surface area contributed by atoms with Crippen LogP contribution in [0.5, 0.6) is 0 Å². The number of aromatic nitrogens is 1. The van der Waals surface area contributed by atoms with E-state index in [0.717, 1.165) is 3.97 Å². The highest BCUT2D eigenvalue weighted by Gasteiger charge is 2.41. The van der Waals surface area contributed by atoms with E-state index in [1.54, 1.807) is 49.4 Å². The normalized spacial score (nSPS) is 13.5. The van der Waals surface area contributed by atoms with Gasteiger partial charge in [0, 0.05) is 27.3 Å². The summed E-state index contributed by atoms with van der Waals surface area (Å²) in [5.74, 6) is -0.957. The molecule has 0 bridgehead atoms. The Morgan fingerprint density at radius 3 is 2.40 bits per heavy atom. The molecule has 3 aromatic carbocycles. The van der Waals surface area contributed by atoms with Crippen LogP contribution in [0.4, 0.5) is 0 Å². The summed E-state index contributed by atoms with van der Waals surface area (Å²) < 4.78 is 54.6. The third kappa shape index (κ3) is 4.47. The standard InChI is InChI=1S/C24H20BrClNO6PS/c1-3-33-24(28)22-23(34(29,32-2)18-9-7-8-16(25)14-18)20-15-17(26)12-13-21(20)27(22)35(30,31)19-10-5-4-6-11-19/h4-15H,3H2,1-2H3. The van der Waals surface area contributed by atoms with Crippen LogP contribution in [0.3, 0.4) is 0 Å². The maximum absolute atomic E-state index is 14.6. The molecule has 7 nitrogen and oxygen atoms in total. The Balaban J connectivity index is 2.22. The molecule has 4 rings (SSSR count). The number of hydrogen-bond donors (Lipinski definition) is 0. The van der Waals surface area contributed by atoms with Crippen LogP contribution in [-0.4, -0.2) is 32.1 Å². The molecule has 1 unspecified atom stereocenters. The summed E-state index contributed by atoms with van der Waals surface area (Å²) in [4.78, 5) is 13.3. The lowest BCUT2D eigenvalue weighted by atomic mass is 10.2. The minimum absolute atomic E-state index is 0.0277. The van der Waals surface area contributed by atoms with Gasteiger partial charge in [0.15, 0.2) is 5.69 Å². The molecule has 1 aromatic heterocycles. The minimum Gasteiger partial charge on any atom is -0.461 e. The van der Waals surface area contributed by atoms with Gasteiger partial charge in [0.1, 0.15) is 0 Å². The van der Waals surface area contributed by atoms with Crippen molar-refractivity contribution in [3.63, 3.8) is 0 Å². The number of esters is 1. The lowest BCUT2D eigenvalue weighted by molar-refractivity contribution is 0.0520. The maximum Gasteiger partial charge on any atom is 0.356 e. The minimum atomic E-state index is -4.32. The monoisotopic (exact) mass is 595 g/mol. The fraction of sp³-hybridized carbons (Fsp3) is 0.125. The van der Waals surface area contributed by atoms with Crippen LogP contribution in [0.1, 0.15) is 17.4 Å². The Bertz CT molecular complexity index is 1590. The van der Waals surface area contributed by atoms with E-state index < -0.39 is 29.1 Å². The van der Waals surface area contributed by atoms with E-state index in [9.17, 15) is 17.8 Å². The predicted octanol–water partition coefficient (Wildman–Crippen LogP) is 5.35. The summed E-state index contributed by atoms with van der Waals surface area (Å²) in [6, 6.07) is 18.7. The lowest BCUT2D eigenvalue weighted by Crippen LogP contribution is -2.28. The van der Waals surface area contributed by atoms with Crippen molar-refractivity contribution in [3.05, 3.63) is 88.0 Å². The van der Waals surface area contributed by atoms with Crippen LogP contribution in [-0.2, 0) is 23.8 Å². The molecule has 35 heavy (non-hydrogen) atoms. The zero-order chi connectivity index (χ0) is 25.4. The van der Waals surface area contributed by atoms with Crippen molar-refractivity contribution < 1.29 is 27.0 Å². The molecule has 4 aromatic rings. The van der Waals surface area contributed by atoms with Gasteiger partial charge in [-0.05, 0) is 55.5 Å². The van der Waals surface area contributed by atoms with Gasteiger partial charge in [-0.1, -0.05) is 51.8 Å². The second-order valence-corrected chi connectivity index (χ2v) is 12.9. The fourth-order valence-electron chi connectivity index (χ4n) is 3.83. The van der Waals surface area contributed by atoms with E-state index in [1.807, 2.05) is 0 Å². The van der Waals surface area contributed by atoms with Gasteiger partial charge in [-0.15, -0.1) is 0 Å². The maximum atomic E-state index is 14.6. The first-order valence-electron chi connectivity index (χ1n) is 10.4. The van der Waals surface area contributed by atoms with Crippen LogP contribution in [0.15, 0.2) is 82.2 Å². The molecule has 0 fully saturated rings. The van der Waals surface area contributed by atoms with E-state index >= 15 is 0 Å². The van der Waals surface area contributed by atoms with Crippen molar-refractivity contribution in [1.82, 2.24) is 3.97 Å². The molecule has 182 valence electrons. The van der Waals surface area contributed by atoms with Gasteiger partial charge < -0.3 is 9.26 Å². The van der Waals surface area contributed by atoms with Crippen molar-refractivity contribution in [2.45, 2.75) is 11.8 Å². The zero-order valence-electron chi connectivity index (χ0n) is 18.6. The van der Waals surface area contributed by atoms with Crippen LogP contribution >= 0.6 is 34.9 Å². The largest absolute Gasteiger partial charge is 0.461 e. The number of carbonyl (C=O) groups excluding carboxylic acids is 1. The average molecular weight is 597 g/mol.